The van der Waals surface area contributed by atoms with Crippen LogP contribution in [0.25, 0.3) is 28.1 Å². The van der Waals surface area contributed by atoms with Crippen LogP contribution in [0.3, 0.4) is 0 Å². The monoisotopic (exact) mass is 442 g/mol. The van der Waals surface area contributed by atoms with E-state index in [4.69, 9.17) is 11.6 Å². The number of hydrogen-bond acceptors (Lipinski definition) is 3. The summed E-state index contributed by atoms with van der Waals surface area (Å²) in [5.74, 6) is 0. The van der Waals surface area contributed by atoms with E-state index < -0.39 is 0 Å². The number of halogens is 1. The lowest BCUT2D eigenvalue weighted by Gasteiger charge is -2.17. The van der Waals surface area contributed by atoms with Gasteiger partial charge in [0, 0.05) is 33.6 Å². The standard InChI is InChI=1S/C27H23ClN2S/c1-18-7-9-20(10-8-18)24-17-22(31-3)12-13-23(24)19(2)30-21-11-14-26(28)25(16-21)27-6-4-5-15-29-27/h4-17,30H,2H2,1,3H3. The molecule has 0 spiro atoms. The second-order valence-corrected chi connectivity index (χ2v) is 8.58. The Morgan fingerprint density at radius 1 is 0.935 bits per heavy atom. The summed E-state index contributed by atoms with van der Waals surface area (Å²) in [6.07, 6.45) is 3.86. The predicted molar refractivity (Wildman–Crippen MR) is 136 cm³/mol. The number of benzene rings is 3. The number of thioether (sulfide) groups is 1. The van der Waals surface area contributed by atoms with Crippen LogP contribution in [-0.2, 0) is 0 Å². The molecule has 0 saturated heterocycles. The van der Waals surface area contributed by atoms with Crippen LogP contribution in [0, 0.1) is 6.92 Å². The molecule has 0 aliphatic heterocycles. The molecule has 1 N–H and O–H groups in total. The lowest BCUT2D eigenvalue weighted by Crippen LogP contribution is -2.00. The van der Waals surface area contributed by atoms with Gasteiger partial charge in [0.05, 0.1) is 10.7 Å². The van der Waals surface area contributed by atoms with Gasteiger partial charge in [-0.1, -0.05) is 60.1 Å². The molecule has 4 heteroatoms. The normalized spacial score (nSPS) is 10.7. The maximum absolute atomic E-state index is 6.44. The summed E-state index contributed by atoms with van der Waals surface area (Å²) in [6.45, 7) is 6.44. The van der Waals surface area contributed by atoms with E-state index in [1.807, 2.05) is 36.4 Å². The number of rotatable bonds is 6. The van der Waals surface area contributed by atoms with Gasteiger partial charge >= 0.3 is 0 Å². The van der Waals surface area contributed by atoms with Crippen molar-refractivity contribution in [2.45, 2.75) is 11.8 Å². The van der Waals surface area contributed by atoms with E-state index in [2.05, 4.69) is 72.5 Å². The predicted octanol–water partition coefficient (Wildman–Crippen LogP) is 8.18. The summed E-state index contributed by atoms with van der Waals surface area (Å²) in [6, 6.07) is 26.7. The Kier molecular flexibility index (Phi) is 6.45. The van der Waals surface area contributed by atoms with Crippen molar-refractivity contribution in [3.63, 3.8) is 0 Å². The van der Waals surface area contributed by atoms with Crippen LogP contribution in [0.1, 0.15) is 11.1 Å². The van der Waals surface area contributed by atoms with Gasteiger partial charge < -0.3 is 5.32 Å². The molecular weight excluding hydrogens is 420 g/mol. The first kappa shape index (κ1) is 21.2. The Morgan fingerprint density at radius 2 is 1.74 bits per heavy atom. The molecule has 0 radical (unpaired) electrons. The SMILES string of the molecule is C=C(Nc1ccc(Cl)c(-c2ccccn2)c1)c1ccc(SC)cc1-c1ccc(C)cc1. The van der Waals surface area contributed by atoms with Crippen molar-refractivity contribution in [1.29, 1.82) is 0 Å². The fourth-order valence-corrected chi connectivity index (χ4v) is 4.10. The average Bonchev–Trinajstić information content (AvgIpc) is 2.81. The zero-order chi connectivity index (χ0) is 21.8. The molecule has 0 unspecified atom stereocenters. The Labute approximate surface area is 193 Å². The topological polar surface area (TPSA) is 24.9 Å². The van der Waals surface area contributed by atoms with Crippen molar-refractivity contribution >= 4 is 34.7 Å². The first-order valence-corrected chi connectivity index (χ1v) is 11.6. The molecule has 0 aliphatic rings. The van der Waals surface area contributed by atoms with Crippen molar-refractivity contribution in [3.05, 3.63) is 108 Å². The van der Waals surface area contributed by atoms with Crippen LogP contribution in [0.15, 0.2) is 96.5 Å². The quantitative estimate of drug-likeness (QED) is 0.304. The van der Waals surface area contributed by atoms with Gasteiger partial charge in [-0.05, 0) is 66.8 Å². The van der Waals surface area contributed by atoms with E-state index in [1.54, 1.807) is 18.0 Å². The minimum atomic E-state index is 0.666. The minimum absolute atomic E-state index is 0.666. The van der Waals surface area contributed by atoms with Crippen molar-refractivity contribution < 1.29 is 0 Å². The molecule has 3 aromatic carbocycles. The van der Waals surface area contributed by atoms with Crippen LogP contribution in [0.2, 0.25) is 5.02 Å². The smallest absolute Gasteiger partial charge is 0.0717 e. The van der Waals surface area contributed by atoms with Gasteiger partial charge in [0.25, 0.3) is 0 Å². The molecule has 2 nitrogen and oxygen atoms in total. The molecule has 154 valence electrons. The molecule has 0 amide bonds. The molecule has 31 heavy (non-hydrogen) atoms. The number of aryl methyl sites for hydroxylation is 1. The molecule has 0 atom stereocenters. The Hall–Kier alpha value is -3.01. The van der Waals surface area contributed by atoms with Gasteiger partial charge in [-0.25, -0.2) is 0 Å². The van der Waals surface area contributed by atoms with E-state index in [1.165, 1.54) is 16.0 Å². The van der Waals surface area contributed by atoms with E-state index >= 15 is 0 Å². The first-order valence-electron chi connectivity index (χ1n) is 9.97. The van der Waals surface area contributed by atoms with Crippen molar-refractivity contribution in [3.8, 4) is 22.4 Å². The third-order valence-corrected chi connectivity index (χ3v) is 6.17. The number of anilines is 1. The average molecular weight is 443 g/mol. The lowest BCUT2D eigenvalue weighted by atomic mass is 9.97. The second kappa shape index (κ2) is 9.42. The number of nitrogens with one attached hydrogen (secondary N) is 1. The summed E-state index contributed by atoms with van der Waals surface area (Å²) in [5.41, 5.74) is 8.11. The van der Waals surface area contributed by atoms with Crippen LogP contribution in [0.5, 0.6) is 0 Å². The molecule has 0 aliphatic carbocycles. The molecule has 1 heterocycles. The number of aromatic nitrogens is 1. The zero-order valence-electron chi connectivity index (χ0n) is 17.5. The van der Waals surface area contributed by atoms with Crippen molar-refractivity contribution in [2.75, 3.05) is 11.6 Å². The summed E-state index contributed by atoms with van der Waals surface area (Å²) in [7, 11) is 0. The van der Waals surface area contributed by atoms with E-state index in [0.29, 0.717) is 5.02 Å². The summed E-state index contributed by atoms with van der Waals surface area (Å²) >= 11 is 8.18. The van der Waals surface area contributed by atoms with Gasteiger partial charge in [0.2, 0.25) is 0 Å². The van der Waals surface area contributed by atoms with E-state index in [9.17, 15) is 0 Å². The molecule has 0 fully saturated rings. The second-order valence-electron chi connectivity index (χ2n) is 7.29. The van der Waals surface area contributed by atoms with Gasteiger partial charge in [-0.2, -0.15) is 0 Å². The molecular formula is C27H23ClN2S. The summed E-state index contributed by atoms with van der Waals surface area (Å²) in [4.78, 5) is 5.65. The van der Waals surface area contributed by atoms with Gasteiger partial charge in [-0.3, -0.25) is 4.98 Å². The zero-order valence-corrected chi connectivity index (χ0v) is 19.1. The van der Waals surface area contributed by atoms with Crippen LogP contribution < -0.4 is 5.32 Å². The fourth-order valence-electron chi connectivity index (χ4n) is 3.45. The Morgan fingerprint density at radius 3 is 2.45 bits per heavy atom. The largest absolute Gasteiger partial charge is 0.355 e. The van der Waals surface area contributed by atoms with Crippen molar-refractivity contribution in [1.82, 2.24) is 4.98 Å². The van der Waals surface area contributed by atoms with Crippen molar-refractivity contribution in [2.24, 2.45) is 0 Å². The highest BCUT2D eigenvalue weighted by molar-refractivity contribution is 7.98. The molecule has 0 saturated carbocycles. The summed E-state index contributed by atoms with van der Waals surface area (Å²) in [5, 5.41) is 4.13. The third-order valence-electron chi connectivity index (χ3n) is 5.12. The maximum atomic E-state index is 6.44. The van der Waals surface area contributed by atoms with Gasteiger partial charge in [0.15, 0.2) is 0 Å². The lowest BCUT2D eigenvalue weighted by molar-refractivity contribution is 1.33. The minimum Gasteiger partial charge on any atom is -0.355 e. The van der Waals surface area contributed by atoms with Gasteiger partial charge in [0.1, 0.15) is 0 Å². The Bertz CT molecular complexity index is 1220. The molecule has 4 rings (SSSR count). The van der Waals surface area contributed by atoms with E-state index in [-0.39, 0.29) is 0 Å². The first-order chi connectivity index (χ1) is 15.0. The number of hydrogen-bond donors (Lipinski definition) is 1. The maximum Gasteiger partial charge on any atom is 0.0717 e. The van der Waals surface area contributed by atoms with Crippen LogP contribution >= 0.6 is 23.4 Å². The Balaban J connectivity index is 1.69. The highest BCUT2D eigenvalue weighted by Crippen LogP contribution is 2.34. The van der Waals surface area contributed by atoms with Crippen LogP contribution in [-0.4, -0.2) is 11.2 Å². The van der Waals surface area contributed by atoms with E-state index in [0.717, 1.165) is 33.8 Å². The van der Waals surface area contributed by atoms with Crippen LogP contribution in [0.4, 0.5) is 5.69 Å². The fraction of sp³-hybridized carbons (Fsp3) is 0.0741. The van der Waals surface area contributed by atoms with Gasteiger partial charge in [-0.15, -0.1) is 11.8 Å². The number of pyridine rings is 1. The highest BCUT2D eigenvalue weighted by Gasteiger charge is 2.12. The third kappa shape index (κ3) is 4.84. The molecule has 1 aromatic heterocycles. The summed E-state index contributed by atoms with van der Waals surface area (Å²) < 4.78 is 0. The molecule has 0 bridgehead atoms. The highest BCUT2D eigenvalue weighted by atomic mass is 35.5. The number of nitrogens with zero attached hydrogens (tertiary/aromatic N) is 1. The molecule has 4 aromatic rings.